The van der Waals surface area contributed by atoms with Gasteiger partial charge in [-0.1, -0.05) is 36.4 Å². The molecule has 1 atom stereocenters. The van der Waals surface area contributed by atoms with E-state index in [-0.39, 0.29) is 6.10 Å². The van der Waals surface area contributed by atoms with E-state index >= 15 is 0 Å². The van der Waals surface area contributed by atoms with Gasteiger partial charge >= 0.3 is 0 Å². The first-order chi connectivity index (χ1) is 10.3. The van der Waals surface area contributed by atoms with Crippen LogP contribution in [0.5, 0.6) is 0 Å². The summed E-state index contributed by atoms with van der Waals surface area (Å²) in [5.41, 5.74) is 4.02. The number of aryl methyl sites for hydroxylation is 1. The number of nitrogens with one attached hydrogen (secondary N) is 1. The van der Waals surface area contributed by atoms with Crippen molar-refractivity contribution in [1.29, 1.82) is 0 Å². The molecule has 108 valence electrons. The Balaban J connectivity index is 1.74. The third-order valence-corrected chi connectivity index (χ3v) is 3.55. The Kier molecular flexibility index (Phi) is 3.88. The van der Waals surface area contributed by atoms with Gasteiger partial charge in [0.15, 0.2) is 5.58 Å². The standard InChI is InChI=1S/C17H18N2O2/c1-12-7-3-4-8-13(12)16(20-2)11-18-17-19-14-9-5-6-10-15(14)21-17/h3-10,16H,11H2,1-2H3,(H,18,19). The summed E-state index contributed by atoms with van der Waals surface area (Å²) in [6.45, 7) is 2.69. The first-order valence-corrected chi connectivity index (χ1v) is 6.95. The van der Waals surface area contributed by atoms with E-state index in [4.69, 9.17) is 9.15 Å². The second kappa shape index (κ2) is 5.97. The predicted molar refractivity (Wildman–Crippen MR) is 83.4 cm³/mol. The van der Waals surface area contributed by atoms with E-state index in [2.05, 4.69) is 29.4 Å². The summed E-state index contributed by atoms with van der Waals surface area (Å²) in [7, 11) is 1.71. The van der Waals surface area contributed by atoms with Crippen LogP contribution in [0.4, 0.5) is 6.01 Å². The molecule has 0 spiro atoms. The maximum atomic E-state index is 5.65. The molecule has 0 saturated carbocycles. The fraction of sp³-hybridized carbons (Fsp3) is 0.235. The summed E-state index contributed by atoms with van der Waals surface area (Å²) in [4.78, 5) is 4.40. The normalized spacial score (nSPS) is 12.5. The molecule has 4 heteroatoms. The number of para-hydroxylation sites is 2. The average molecular weight is 282 g/mol. The van der Waals surface area contributed by atoms with Gasteiger partial charge in [0.05, 0.1) is 6.10 Å². The average Bonchev–Trinajstić information content (AvgIpc) is 2.92. The van der Waals surface area contributed by atoms with Crippen LogP contribution in [-0.2, 0) is 4.74 Å². The van der Waals surface area contributed by atoms with Crippen LogP contribution in [0, 0.1) is 6.92 Å². The van der Waals surface area contributed by atoms with Crippen molar-refractivity contribution in [3.8, 4) is 0 Å². The maximum Gasteiger partial charge on any atom is 0.295 e. The summed E-state index contributed by atoms with van der Waals surface area (Å²) in [6.07, 6.45) is -0.0405. The second-order valence-corrected chi connectivity index (χ2v) is 4.95. The Bertz CT molecular complexity index is 703. The number of hydrogen-bond acceptors (Lipinski definition) is 4. The molecule has 3 rings (SSSR count). The van der Waals surface area contributed by atoms with Crippen LogP contribution in [0.3, 0.4) is 0 Å². The molecule has 0 aliphatic carbocycles. The van der Waals surface area contributed by atoms with Gasteiger partial charge in [-0.15, -0.1) is 0 Å². The lowest BCUT2D eigenvalue weighted by molar-refractivity contribution is 0.113. The van der Waals surface area contributed by atoms with Gasteiger partial charge in [-0.05, 0) is 30.2 Å². The minimum absolute atomic E-state index is 0.0405. The van der Waals surface area contributed by atoms with Crippen LogP contribution in [0.15, 0.2) is 52.9 Å². The molecule has 2 aromatic carbocycles. The van der Waals surface area contributed by atoms with Crippen LogP contribution < -0.4 is 5.32 Å². The van der Waals surface area contributed by atoms with Gasteiger partial charge in [0.2, 0.25) is 0 Å². The van der Waals surface area contributed by atoms with Crippen molar-refractivity contribution in [3.05, 3.63) is 59.7 Å². The maximum absolute atomic E-state index is 5.65. The van der Waals surface area contributed by atoms with E-state index in [9.17, 15) is 0 Å². The van der Waals surface area contributed by atoms with Gasteiger partial charge in [-0.3, -0.25) is 0 Å². The highest BCUT2D eigenvalue weighted by Gasteiger charge is 2.14. The van der Waals surface area contributed by atoms with Crippen LogP contribution in [0.25, 0.3) is 11.1 Å². The van der Waals surface area contributed by atoms with Crippen LogP contribution in [0.2, 0.25) is 0 Å². The van der Waals surface area contributed by atoms with E-state index in [1.165, 1.54) is 11.1 Å². The number of benzene rings is 2. The zero-order valence-electron chi connectivity index (χ0n) is 12.2. The molecule has 0 aliphatic rings. The van der Waals surface area contributed by atoms with E-state index in [0.29, 0.717) is 12.6 Å². The highest BCUT2D eigenvalue weighted by atomic mass is 16.5. The van der Waals surface area contributed by atoms with Gasteiger partial charge in [0, 0.05) is 13.7 Å². The number of rotatable bonds is 5. The van der Waals surface area contributed by atoms with Gasteiger partial charge in [0.25, 0.3) is 6.01 Å². The number of ether oxygens (including phenoxy) is 1. The second-order valence-electron chi connectivity index (χ2n) is 4.95. The van der Waals surface area contributed by atoms with Crippen LogP contribution in [-0.4, -0.2) is 18.6 Å². The van der Waals surface area contributed by atoms with E-state index < -0.39 is 0 Å². The Morgan fingerprint density at radius 2 is 1.90 bits per heavy atom. The Morgan fingerprint density at radius 3 is 2.67 bits per heavy atom. The van der Waals surface area contributed by atoms with Gasteiger partial charge in [-0.25, -0.2) is 0 Å². The third-order valence-electron chi connectivity index (χ3n) is 3.55. The van der Waals surface area contributed by atoms with Crippen molar-refractivity contribution in [2.45, 2.75) is 13.0 Å². The molecule has 4 nitrogen and oxygen atoms in total. The van der Waals surface area contributed by atoms with E-state index in [1.54, 1.807) is 7.11 Å². The summed E-state index contributed by atoms with van der Waals surface area (Å²) < 4.78 is 11.2. The van der Waals surface area contributed by atoms with Crippen molar-refractivity contribution in [2.24, 2.45) is 0 Å². The SMILES string of the molecule is COC(CNc1nc2ccccc2o1)c1ccccc1C. The molecule has 1 heterocycles. The molecule has 1 unspecified atom stereocenters. The largest absolute Gasteiger partial charge is 0.424 e. The highest BCUT2D eigenvalue weighted by Crippen LogP contribution is 2.22. The number of nitrogens with zero attached hydrogens (tertiary/aromatic N) is 1. The summed E-state index contributed by atoms with van der Waals surface area (Å²) in [6, 6.07) is 16.4. The number of hydrogen-bond donors (Lipinski definition) is 1. The number of anilines is 1. The lowest BCUT2D eigenvalue weighted by atomic mass is 10.0. The van der Waals surface area contributed by atoms with Crippen molar-refractivity contribution >= 4 is 17.1 Å². The summed E-state index contributed by atoms with van der Waals surface area (Å²) in [5, 5.41) is 3.21. The number of methoxy groups -OCH3 is 1. The molecule has 0 bridgehead atoms. The van der Waals surface area contributed by atoms with Gasteiger partial charge in [0.1, 0.15) is 5.52 Å². The molecule has 0 aliphatic heterocycles. The quantitative estimate of drug-likeness (QED) is 0.770. The fourth-order valence-corrected chi connectivity index (χ4v) is 2.40. The minimum atomic E-state index is -0.0405. The first-order valence-electron chi connectivity index (χ1n) is 6.95. The molecule has 1 aromatic heterocycles. The zero-order chi connectivity index (χ0) is 14.7. The van der Waals surface area contributed by atoms with Crippen LogP contribution in [0.1, 0.15) is 17.2 Å². The molecule has 3 aromatic rings. The van der Waals surface area contributed by atoms with Gasteiger partial charge in [-0.2, -0.15) is 4.98 Å². The van der Waals surface area contributed by atoms with Crippen molar-refractivity contribution < 1.29 is 9.15 Å². The van der Waals surface area contributed by atoms with Crippen molar-refractivity contribution in [1.82, 2.24) is 4.98 Å². The number of fused-ring (bicyclic) bond motifs is 1. The van der Waals surface area contributed by atoms with E-state index in [0.717, 1.165) is 11.1 Å². The Labute approximate surface area is 123 Å². The van der Waals surface area contributed by atoms with Crippen molar-refractivity contribution in [3.63, 3.8) is 0 Å². The fourth-order valence-electron chi connectivity index (χ4n) is 2.40. The lowest BCUT2D eigenvalue weighted by Crippen LogP contribution is -2.15. The zero-order valence-corrected chi connectivity index (χ0v) is 12.2. The molecule has 1 N–H and O–H groups in total. The van der Waals surface area contributed by atoms with E-state index in [1.807, 2.05) is 36.4 Å². The molecular weight excluding hydrogens is 264 g/mol. The molecule has 21 heavy (non-hydrogen) atoms. The smallest absolute Gasteiger partial charge is 0.295 e. The minimum Gasteiger partial charge on any atom is -0.424 e. The Morgan fingerprint density at radius 1 is 1.14 bits per heavy atom. The molecule has 0 fully saturated rings. The Hall–Kier alpha value is -2.33. The monoisotopic (exact) mass is 282 g/mol. The molecular formula is C17H18N2O2. The van der Waals surface area contributed by atoms with Gasteiger partial charge < -0.3 is 14.5 Å². The van der Waals surface area contributed by atoms with Crippen molar-refractivity contribution in [2.75, 3.05) is 19.0 Å². The summed E-state index contributed by atoms with van der Waals surface area (Å²) in [5.74, 6) is 0. The molecule has 0 amide bonds. The summed E-state index contributed by atoms with van der Waals surface area (Å²) >= 11 is 0. The number of aromatic nitrogens is 1. The van der Waals surface area contributed by atoms with Crippen LogP contribution >= 0.6 is 0 Å². The molecule has 0 saturated heterocycles. The molecule has 0 radical (unpaired) electrons. The third kappa shape index (κ3) is 2.90. The first kappa shape index (κ1) is 13.6. The topological polar surface area (TPSA) is 47.3 Å². The lowest BCUT2D eigenvalue weighted by Gasteiger charge is -2.17. The highest BCUT2D eigenvalue weighted by molar-refractivity contribution is 5.74. The number of oxazole rings is 1. The predicted octanol–water partition coefficient (Wildman–Crippen LogP) is 3.94.